The number of Topliss-reactive ketones (excluding diaryl/α,β-unsaturated/α-hetero) is 1. The van der Waals surface area contributed by atoms with Gasteiger partial charge in [0.1, 0.15) is 23.8 Å². The zero-order valence-corrected chi connectivity index (χ0v) is 10.3. The summed E-state index contributed by atoms with van der Waals surface area (Å²) in [7, 11) is 0. The molecule has 90 valence electrons. The molecular formula is C13H12N4O. The van der Waals surface area contributed by atoms with Gasteiger partial charge in [0.2, 0.25) is 0 Å². The smallest absolute Gasteiger partial charge is 0.153 e. The minimum Gasteiger partial charge on any atom is -0.366 e. The Kier molecular flexibility index (Phi) is 4.24. The summed E-state index contributed by atoms with van der Waals surface area (Å²) in [6.07, 6.45) is 0.474. The van der Waals surface area contributed by atoms with Crippen LogP contribution in [0.25, 0.3) is 0 Å². The van der Waals surface area contributed by atoms with E-state index in [0.717, 1.165) is 0 Å². The maximum atomic E-state index is 11.2. The summed E-state index contributed by atoms with van der Waals surface area (Å²) in [6.45, 7) is 4.17. The van der Waals surface area contributed by atoms with E-state index in [9.17, 15) is 4.79 Å². The van der Waals surface area contributed by atoms with Crippen molar-refractivity contribution >= 4 is 5.78 Å². The molecule has 0 spiro atoms. The lowest BCUT2D eigenvalue weighted by molar-refractivity contribution is -0.116. The SMILES string of the molecule is CC(=C(C#N)C#N)/C(C#N)=C(\C)N1CCC(=O)C1. The molecule has 18 heavy (non-hydrogen) atoms. The second-order valence-corrected chi connectivity index (χ2v) is 4.01. The molecule has 0 aromatic rings. The molecule has 1 saturated heterocycles. The third-order valence-electron chi connectivity index (χ3n) is 2.95. The van der Waals surface area contributed by atoms with Gasteiger partial charge < -0.3 is 4.90 Å². The van der Waals surface area contributed by atoms with Gasteiger partial charge in [-0.25, -0.2) is 0 Å². The third kappa shape index (κ3) is 2.56. The molecule has 0 aliphatic carbocycles. The van der Waals surface area contributed by atoms with Crippen molar-refractivity contribution in [2.45, 2.75) is 20.3 Å². The fraction of sp³-hybridized carbons (Fsp3) is 0.385. The molecule has 0 unspecified atom stereocenters. The van der Waals surface area contributed by atoms with E-state index in [1.165, 1.54) is 0 Å². The van der Waals surface area contributed by atoms with Crippen LogP contribution in [-0.4, -0.2) is 23.8 Å². The predicted octanol–water partition coefficient (Wildman–Crippen LogP) is 1.42. The lowest BCUT2D eigenvalue weighted by Gasteiger charge is -2.19. The van der Waals surface area contributed by atoms with Gasteiger partial charge in [0.25, 0.3) is 0 Å². The number of hydrogen-bond donors (Lipinski definition) is 0. The normalized spacial score (nSPS) is 15.3. The lowest BCUT2D eigenvalue weighted by Crippen LogP contribution is -2.20. The highest BCUT2D eigenvalue weighted by molar-refractivity contribution is 5.83. The first kappa shape index (κ1) is 13.5. The van der Waals surface area contributed by atoms with E-state index in [0.29, 0.717) is 36.4 Å². The van der Waals surface area contributed by atoms with Crippen LogP contribution in [0.2, 0.25) is 0 Å². The molecule has 5 nitrogen and oxygen atoms in total. The van der Waals surface area contributed by atoms with Gasteiger partial charge in [-0.15, -0.1) is 0 Å². The standard InChI is InChI=1S/C13H12N4O/c1-9(11(5-14)6-15)13(7-16)10(2)17-4-3-12(18)8-17/h3-4,8H2,1-2H3/b13-10+. The Hall–Kier alpha value is -2.58. The molecule has 0 atom stereocenters. The first-order valence-corrected chi connectivity index (χ1v) is 5.44. The van der Waals surface area contributed by atoms with Crippen LogP contribution >= 0.6 is 0 Å². The van der Waals surface area contributed by atoms with Gasteiger partial charge >= 0.3 is 0 Å². The quantitative estimate of drug-likeness (QED) is 0.537. The highest BCUT2D eigenvalue weighted by Gasteiger charge is 2.22. The molecule has 1 fully saturated rings. The van der Waals surface area contributed by atoms with Gasteiger partial charge in [0, 0.05) is 18.7 Å². The molecule has 0 bridgehead atoms. The van der Waals surface area contributed by atoms with Crippen molar-refractivity contribution in [3.05, 3.63) is 22.4 Å². The van der Waals surface area contributed by atoms with Crippen LogP contribution in [0.1, 0.15) is 20.3 Å². The summed E-state index contributed by atoms with van der Waals surface area (Å²) >= 11 is 0. The van der Waals surface area contributed by atoms with E-state index in [4.69, 9.17) is 15.8 Å². The minimum atomic E-state index is -0.0728. The van der Waals surface area contributed by atoms with Crippen LogP contribution in [0, 0.1) is 34.0 Å². The predicted molar refractivity (Wildman–Crippen MR) is 63.4 cm³/mol. The fourth-order valence-corrected chi connectivity index (χ4v) is 1.83. The number of rotatable bonds is 2. The number of ketones is 1. The van der Waals surface area contributed by atoms with E-state index in [1.54, 1.807) is 30.9 Å². The summed E-state index contributed by atoms with van der Waals surface area (Å²) in [5.41, 5.74) is 1.22. The highest BCUT2D eigenvalue weighted by Crippen LogP contribution is 2.22. The Labute approximate surface area is 106 Å². The molecule has 0 aromatic carbocycles. The maximum absolute atomic E-state index is 11.2. The van der Waals surface area contributed by atoms with E-state index in [2.05, 4.69) is 0 Å². The summed E-state index contributed by atoms with van der Waals surface area (Å²) < 4.78 is 0. The largest absolute Gasteiger partial charge is 0.366 e. The van der Waals surface area contributed by atoms with E-state index in [-0.39, 0.29) is 11.4 Å². The Morgan fingerprint density at radius 2 is 1.78 bits per heavy atom. The lowest BCUT2D eigenvalue weighted by atomic mass is 10.0. The van der Waals surface area contributed by atoms with E-state index in [1.807, 2.05) is 6.07 Å². The Morgan fingerprint density at radius 1 is 1.17 bits per heavy atom. The fourth-order valence-electron chi connectivity index (χ4n) is 1.83. The highest BCUT2D eigenvalue weighted by atomic mass is 16.1. The summed E-state index contributed by atoms with van der Waals surface area (Å²) in [5, 5.41) is 26.8. The number of carbonyl (C=O) groups is 1. The molecule has 0 saturated carbocycles. The Morgan fingerprint density at radius 3 is 2.17 bits per heavy atom. The van der Waals surface area contributed by atoms with Crippen LogP contribution < -0.4 is 0 Å². The first-order chi connectivity index (χ1) is 8.54. The zero-order valence-electron chi connectivity index (χ0n) is 10.3. The number of likely N-dealkylation sites (tertiary alicyclic amines) is 1. The van der Waals surface area contributed by atoms with Crippen LogP contribution in [0.4, 0.5) is 0 Å². The summed E-state index contributed by atoms with van der Waals surface area (Å²) in [5.74, 6) is 0.133. The van der Waals surface area contributed by atoms with Crippen LogP contribution in [-0.2, 0) is 4.79 Å². The molecule has 0 N–H and O–H groups in total. The molecule has 0 aromatic heterocycles. The Bertz CT molecular complexity index is 547. The second kappa shape index (κ2) is 5.66. The topological polar surface area (TPSA) is 91.7 Å². The van der Waals surface area contributed by atoms with Gasteiger partial charge in [-0.1, -0.05) is 0 Å². The van der Waals surface area contributed by atoms with E-state index >= 15 is 0 Å². The maximum Gasteiger partial charge on any atom is 0.153 e. The third-order valence-corrected chi connectivity index (χ3v) is 2.95. The number of allylic oxidation sites excluding steroid dienone is 4. The van der Waals surface area contributed by atoms with Crippen molar-refractivity contribution in [2.75, 3.05) is 13.1 Å². The van der Waals surface area contributed by atoms with Gasteiger partial charge in [-0.2, -0.15) is 15.8 Å². The molecule has 1 heterocycles. The molecule has 1 rings (SSSR count). The average molecular weight is 240 g/mol. The summed E-state index contributed by atoms with van der Waals surface area (Å²) in [4.78, 5) is 13.0. The van der Waals surface area contributed by atoms with Crippen molar-refractivity contribution < 1.29 is 4.79 Å². The van der Waals surface area contributed by atoms with Crippen molar-refractivity contribution in [1.29, 1.82) is 15.8 Å². The van der Waals surface area contributed by atoms with Gasteiger partial charge in [-0.05, 0) is 19.4 Å². The number of nitrogens with zero attached hydrogens (tertiary/aromatic N) is 4. The molecule has 1 aliphatic rings. The first-order valence-electron chi connectivity index (χ1n) is 5.44. The van der Waals surface area contributed by atoms with Crippen molar-refractivity contribution in [3.8, 4) is 18.2 Å². The molecule has 5 heteroatoms. The summed E-state index contributed by atoms with van der Waals surface area (Å²) in [6, 6.07) is 5.55. The number of carbonyl (C=O) groups excluding carboxylic acids is 1. The van der Waals surface area contributed by atoms with Crippen LogP contribution in [0.5, 0.6) is 0 Å². The van der Waals surface area contributed by atoms with Gasteiger partial charge in [-0.3, -0.25) is 4.79 Å². The Balaban J connectivity index is 3.23. The van der Waals surface area contributed by atoms with Crippen molar-refractivity contribution in [2.24, 2.45) is 0 Å². The van der Waals surface area contributed by atoms with Crippen LogP contribution in [0.15, 0.2) is 22.4 Å². The van der Waals surface area contributed by atoms with Gasteiger partial charge in [0.15, 0.2) is 5.78 Å². The molecule has 0 amide bonds. The monoisotopic (exact) mass is 240 g/mol. The number of hydrogen-bond acceptors (Lipinski definition) is 5. The molecular weight excluding hydrogens is 228 g/mol. The van der Waals surface area contributed by atoms with Gasteiger partial charge in [0.05, 0.1) is 12.1 Å². The second-order valence-electron chi connectivity index (χ2n) is 4.01. The van der Waals surface area contributed by atoms with Crippen molar-refractivity contribution in [3.63, 3.8) is 0 Å². The zero-order chi connectivity index (χ0) is 13.7. The van der Waals surface area contributed by atoms with E-state index < -0.39 is 0 Å². The van der Waals surface area contributed by atoms with Crippen molar-refractivity contribution in [1.82, 2.24) is 4.90 Å². The minimum absolute atomic E-state index is 0.0728. The molecule has 1 aliphatic heterocycles. The van der Waals surface area contributed by atoms with Crippen LogP contribution in [0.3, 0.4) is 0 Å². The molecule has 0 radical (unpaired) electrons. The number of nitriles is 3. The average Bonchev–Trinajstić information content (AvgIpc) is 2.78.